The highest BCUT2D eigenvalue weighted by molar-refractivity contribution is 7.09. The summed E-state index contributed by atoms with van der Waals surface area (Å²) in [5, 5.41) is 8.47. The summed E-state index contributed by atoms with van der Waals surface area (Å²) in [5.41, 5.74) is 0. The van der Waals surface area contributed by atoms with Crippen LogP contribution in [0.5, 0.6) is 0 Å². The van der Waals surface area contributed by atoms with E-state index in [1.54, 1.807) is 32.5 Å². The van der Waals surface area contributed by atoms with E-state index in [1.165, 1.54) is 9.78 Å². The minimum absolute atomic E-state index is 0.0240. The number of likely N-dealkylation sites (N-methyl/N-ethyl adjacent to an activating group) is 1. The van der Waals surface area contributed by atoms with Gasteiger partial charge in [0.25, 0.3) is 0 Å². The monoisotopic (exact) mass is 312 g/mol. The van der Waals surface area contributed by atoms with E-state index in [1.807, 2.05) is 11.4 Å². The molecule has 0 fully saturated rings. The van der Waals surface area contributed by atoms with Crippen LogP contribution in [0, 0.1) is 0 Å². The molecule has 21 heavy (non-hydrogen) atoms. The molecule has 0 aromatic carbocycles. The number of methoxy groups -OCH3 is 1. The minimum Gasteiger partial charge on any atom is -0.385 e. The first-order valence-electron chi connectivity index (χ1n) is 6.87. The lowest BCUT2D eigenvalue weighted by Crippen LogP contribution is -2.38. The normalized spacial score (nSPS) is 11.3. The molecule has 1 aromatic heterocycles. The van der Waals surface area contributed by atoms with Crippen molar-refractivity contribution in [3.05, 3.63) is 22.4 Å². The average Bonchev–Trinajstić information content (AvgIpc) is 2.98. The summed E-state index contributed by atoms with van der Waals surface area (Å²) in [5.74, 6) is 0.624. The Morgan fingerprint density at radius 2 is 2.24 bits per heavy atom. The lowest BCUT2D eigenvalue weighted by molar-refractivity contribution is -0.127. The van der Waals surface area contributed by atoms with Crippen LogP contribution in [-0.2, 0) is 16.1 Å². The van der Waals surface area contributed by atoms with E-state index in [9.17, 15) is 4.79 Å². The predicted octanol–water partition coefficient (Wildman–Crippen LogP) is 0.908. The molecule has 7 heteroatoms. The third kappa shape index (κ3) is 7.67. The highest BCUT2D eigenvalue weighted by Crippen LogP contribution is 2.07. The summed E-state index contributed by atoms with van der Waals surface area (Å²) in [6, 6.07) is 4.07. The van der Waals surface area contributed by atoms with Gasteiger partial charge in [-0.3, -0.25) is 4.79 Å². The molecule has 0 radical (unpaired) electrons. The summed E-state index contributed by atoms with van der Waals surface area (Å²) in [6.07, 6.45) is 0.887. The molecular weight excluding hydrogens is 288 g/mol. The van der Waals surface area contributed by atoms with E-state index in [4.69, 9.17) is 4.74 Å². The zero-order valence-electron chi connectivity index (χ0n) is 12.9. The maximum Gasteiger partial charge on any atom is 0.243 e. The van der Waals surface area contributed by atoms with Crippen LogP contribution >= 0.6 is 11.3 Å². The third-order valence-electron chi connectivity index (χ3n) is 2.70. The summed E-state index contributed by atoms with van der Waals surface area (Å²) in [4.78, 5) is 18.7. The lowest BCUT2D eigenvalue weighted by atomic mass is 10.4. The number of aliphatic imine (C=N–C) groups is 1. The Bertz CT molecular complexity index is 432. The number of rotatable bonds is 8. The maximum absolute atomic E-state index is 11.6. The molecule has 0 saturated heterocycles. The highest BCUT2D eigenvalue weighted by Gasteiger charge is 2.04. The molecule has 2 N–H and O–H groups in total. The van der Waals surface area contributed by atoms with Gasteiger partial charge in [0.05, 0.1) is 6.54 Å². The third-order valence-corrected chi connectivity index (χ3v) is 3.58. The summed E-state index contributed by atoms with van der Waals surface area (Å²) >= 11 is 1.69. The fourth-order valence-corrected chi connectivity index (χ4v) is 2.11. The number of carbonyl (C=O) groups is 1. The van der Waals surface area contributed by atoms with Gasteiger partial charge >= 0.3 is 0 Å². The first kappa shape index (κ1) is 17.5. The van der Waals surface area contributed by atoms with Gasteiger partial charge in [-0.25, -0.2) is 4.99 Å². The van der Waals surface area contributed by atoms with Gasteiger partial charge in [0.1, 0.15) is 6.54 Å². The molecule has 0 aliphatic carbocycles. The Morgan fingerprint density at radius 1 is 1.43 bits per heavy atom. The molecular formula is C14H24N4O2S. The van der Waals surface area contributed by atoms with Crippen LogP contribution in [0.4, 0.5) is 0 Å². The summed E-state index contributed by atoms with van der Waals surface area (Å²) in [7, 11) is 5.13. The molecule has 0 bridgehead atoms. The van der Waals surface area contributed by atoms with Gasteiger partial charge in [0, 0.05) is 39.2 Å². The summed E-state index contributed by atoms with van der Waals surface area (Å²) < 4.78 is 5.01. The average molecular weight is 312 g/mol. The van der Waals surface area contributed by atoms with Crippen LogP contribution in [0.2, 0.25) is 0 Å². The Hall–Kier alpha value is -1.60. The number of nitrogens with zero attached hydrogens (tertiary/aromatic N) is 2. The van der Waals surface area contributed by atoms with E-state index in [0.29, 0.717) is 19.1 Å². The molecule has 6 nitrogen and oxygen atoms in total. The van der Waals surface area contributed by atoms with Crippen LogP contribution < -0.4 is 10.6 Å². The van der Waals surface area contributed by atoms with Gasteiger partial charge in [-0.05, 0) is 17.9 Å². The van der Waals surface area contributed by atoms with Crippen molar-refractivity contribution >= 4 is 23.2 Å². The number of amides is 1. The van der Waals surface area contributed by atoms with Gasteiger partial charge in [0.15, 0.2) is 5.96 Å². The van der Waals surface area contributed by atoms with Crippen LogP contribution in [0.25, 0.3) is 0 Å². The Balaban J connectivity index is 2.47. The highest BCUT2D eigenvalue weighted by atomic mass is 32.1. The molecule has 118 valence electrons. The topological polar surface area (TPSA) is 66.0 Å². The van der Waals surface area contributed by atoms with Crippen molar-refractivity contribution < 1.29 is 9.53 Å². The molecule has 0 spiro atoms. The SMILES string of the molecule is COCCCNC(=NCC(=O)N(C)C)NCc1cccs1. The van der Waals surface area contributed by atoms with Crippen LogP contribution in [0.1, 0.15) is 11.3 Å². The number of ether oxygens (including phenoxy) is 1. The molecule has 1 aromatic rings. The van der Waals surface area contributed by atoms with Crippen molar-refractivity contribution in [1.29, 1.82) is 0 Å². The molecule has 0 saturated carbocycles. The number of carbonyl (C=O) groups excluding carboxylic acids is 1. The van der Waals surface area contributed by atoms with Gasteiger partial charge in [-0.2, -0.15) is 0 Å². The number of hydrogen-bond acceptors (Lipinski definition) is 4. The van der Waals surface area contributed by atoms with Gasteiger partial charge in [-0.15, -0.1) is 11.3 Å². The van der Waals surface area contributed by atoms with Crippen LogP contribution in [0.15, 0.2) is 22.5 Å². The quantitative estimate of drug-likeness (QED) is 0.425. The first-order valence-corrected chi connectivity index (χ1v) is 7.75. The van der Waals surface area contributed by atoms with Crippen molar-refractivity contribution in [2.75, 3.05) is 40.9 Å². The minimum atomic E-state index is -0.0240. The van der Waals surface area contributed by atoms with E-state index >= 15 is 0 Å². The van der Waals surface area contributed by atoms with Crippen LogP contribution in [-0.4, -0.2) is 57.7 Å². The van der Waals surface area contributed by atoms with E-state index in [0.717, 1.165) is 13.0 Å². The predicted molar refractivity (Wildman–Crippen MR) is 86.7 cm³/mol. The fraction of sp³-hybridized carbons (Fsp3) is 0.571. The molecule has 0 atom stereocenters. The molecule has 0 unspecified atom stereocenters. The molecule has 1 rings (SSSR count). The number of guanidine groups is 1. The Labute approximate surface area is 130 Å². The first-order chi connectivity index (χ1) is 10.1. The second-order valence-electron chi connectivity index (χ2n) is 4.66. The van der Waals surface area contributed by atoms with Crippen molar-refractivity contribution in [1.82, 2.24) is 15.5 Å². The smallest absolute Gasteiger partial charge is 0.243 e. The van der Waals surface area contributed by atoms with Gasteiger partial charge in [-0.1, -0.05) is 6.07 Å². The van der Waals surface area contributed by atoms with Gasteiger partial charge < -0.3 is 20.3 Å². The van der Waals surface area contributed by atoms with E-state index in [2.05, 4.69) is 21.7 Å². The molecule has 0 aliphatic heterocycles. The second kappa shape index (κ2) is 10.2. The van der Waals surface area contributed by atoms with Crippen molar-refractivity contribution in [3.63, 3.8) is 0 Å². The standard InChI is InChI=1S/C14H24N4O2S/c1-18(2)13(19)11-17-14(15-7-5-8-20-3)16-10-12-6-4-9-21-12/h4,6,9H,5,7-8,10-11H2,1-3H3,(H2,15,16,17). The van der Waals surface area contributed by atoms with E-state index < -0.39 is 0 Å². The number of thiophene rings is 1. The number of hydrogen-bond donors (Lipinski definition) is 2. The Kier molecular flexibility index (Phi) is 8.45. The fourth-order valence-electron chi connectivity index (χ4n) is 1.47. The largest absolute Gasteiger partial charge is 0.385 e. The Morgan fingerprint density at radius 3 is 2.86 bits per heavy atom. The number of nitrogens with one attached hydrogen (secondary N) is 2. The van der Waals surface area contributed by atoms with Crippen LogP contribution in [0.3, 0.4) is 0 Å². The zero-order valence-corrected chi connectivity index (χ0v) is 13.7. The zero-order chi connectivity index (χ0) is 15.5. The van der Waals surface area contributed by atoms with Crippen molar-refractivity contribution in [2.45, 2.75) is 13.0 Å². The molecule has 1 heterocycles. The maximum atomic E-state index is 11.6. The van der Waals surface area contributed by atoms with E-state index in [-0.39, 0.29) is 12.5 Å². The lowest BCUT2D eigenvalue weighted by Gasteiger charge is -2.13. The molecule has 1 amide bonds. The van der Waals surface area contributed by atoms with Crippen molar-refractivity contribution in [2.24, 2.45) is 4.99 Å². The van der Waals surface area contributed by atoms with Crippen molar-refractivity contribution in [3.8, 4) is 0 Å². The molecule has 0 aliphatic rings. The van der Waals surface area contributed by atoms with Gasteiger partial charge in [0.2, 0.25) is 5.91 Å². The second-order valence-corrected chi connectivity index (χ2v) is 5.69. The summed E-state index contributed by atoms with van der Waals surface area (Å²) in [6.45, 7) is 2.28.